The van der Waals surface area contributed by atoms with E-state index in [0.29, 0.717) is 43.9 Å². The highest BCUT2D eigenvalue weighted by Crippen LogP contribution is 2.30. The Morgan fingerprint density at radius 1 is 1.18 bits per heavy atom. The van der Waals surface area contributed by atoms with Crippen molar-refractivity contribution in [2.75, 3.05) is 17.7 Å². The molecule has 2 heterocycles. The maximum absolute atomic E-state index is 12.6. The standard InChI is InChI=1S/C22H24Cl2N4O4S2/c1-4-14-10-15(21(30)31-6-3)20(34-14)25-19(29)12-33-22-27-26-18(28(22)5-2)11-32-17-8-7-13(23)9-16(17)24/h7-10H,4-6,11-12H2,1-3H3,(H,25,29). The number of amides is 1. The molecule has 0 bridgehead atoms. The zero-order chi connectivity index (χ0) is 24.7. The second kappa shape index (κ2) is 12.4. The number of benzene rings is 1. The molecule has 0 aliphatic heterocycles. The summed E-state index contributed by atoms with van der Waals surface area (Å²) in [6.45, 7) is 6.71. The lowest BCUT2D eigenvalue weighted by atomic mass is 10.2. The van der Waals surface area contributed by atoms with E-state index >= 15 is 0 Å². The minimum atomic E-state index is -0.447. The summed E-state index contributed by atoms with van der Waals surface area (Å²) in [7, 11) is 0. The van der Waals surface area contributed by atoms with Crippen molar-refractivity contribution in [1.82, 2.24) is 14.8 Å². The summed E-state index contributed by atoms with van der Waals surface area (Å²) in [5.74, 6) is 0.495. The minimum Gasteiger partial charge on any atom is -0.484 e. The Balaban J connectivity index is 1.62. The van der Waals surface area contributed by atoms with Crippen molar-refractivity contribution in [3.05, 3.63) is 50.6 Å². The number of nitrogens with one attached hydrogen (secondary N) is 1. The third-order valence-electron chi connectivity index (χ3n) is 4.57. The maximum Gasteiger partial charge on any atom is 0.341 e. The summed E-state index contributed by atoms with van der Waals surface area (Å²) >= 11 is 14.7. The first-order valence-corrected chi connectivity index (χ1v) is 13.1. The molecule has 34 heavy (non-hydrogen) atoms. The van der Waals surface area contributed by atoms with Crippen molar-refractivity contribution in [2.45, 2.75) is 45.5 Å². The first-order chi connectivity index (χ1) is 16.4. The summed E-state index contributed by atoms with van der Waals surface area (Å²) in [4.78, 5) is 25.8. The Morgan fingerprint density at radius 3 is 2.65 bits per heavy atom. The van der Waals surface area contributed by atoms with Crippen LogP contribution in [0.25, 0.3) is 0 Å². The molecule has 3 aromatic rings. The Bertz CT molecular complexity index is 1170. The fraction of sp³-hybridized carbons (Fsp3) is 0.364. The van der Waals surface area contributed by atoms with Crippen LogP contribution in [0.15, 0.2) is 29.4 Å². The van der Waals surface area contributed by atoms with Crippen LogP contribution < -0.4 is 10.1 Å². The van der Waals surface area contributed by atoms with Crippen molar-refractivity contribution >= 4 is 63.2 Å². The van der Waals surface area contributed by atoms with E-state index in [1.807, 2.05) is 18.4 Å². The van der Waals surface area contributed by atoms with Crippen molar-refractivity contribution in [3.8, 4) is 5.75 Å². The van der Waals surface area contributed by atoms with E-state index in [1.54, 1.807) is 31.2 Å². The molecule has 0 saturated heterocycles. The largest absolute Gasteiger partial charge is 0.484 e. The first kappa shape index (κ1) is 26.3. The predicted octanol–water partition coefficient (Wildman–Crippen LogP) is 5.72. The summed E-state index contributed by atoms with van der Waals surface area (Å²) < 4.78 is 12.7. The van der Waals surface area contributed by atoms with E-state index in [0.717, 1.165) is 11.3 Å². The molecule has 12 heteroatoms. The van der Waals surface area contributed by atoms with Crippen molar-refractivity contribution in [2.24, 2.45) is 0 Å². The van der Waals surface area contributed by atoms with E-state index in [4.69, 9.17) is 32.7 Å². The molecule has 0 aliphatic carbocycles. The van der Waals surface area contributed by atoms with Gasteiger partial charge in [0.1, 0.15) is 17.4 Å². The van der Waals surface area contributed by atoms with Gasteiger partial charge in [0, 0.05) is 16.4 Å². The van der Waals surface area contributed by atoms with Gasteiger partial charge >= 0.3 is 5.97 Å². The van der Waals surface area contributed by atoms with Gasteiger partial charge in [0.25, 0.3) is 0 Å². The van der Waals surface area contributed by atoms with Gasteiger partial charge in [-0.15, -0.1) is 21.5 Å². The Labute approximate surface area is 215 Å². The average molecular weight is 543 g/mol. The number of hydrogen-bond acceptors (Lipinski definition) is 8. The molecule has 0 spiro atoms. The number of anilines is 1. The van der Waals surface area contributed by atoms with Crippen LogP contribution in [0.1, 0.15) is 41.8 Å². The minimum absolute atomic E-state index is 0.101. The highest BCUT2D eigenvalue weighted by Gasteiger charge is 2.20. The monoisotopic (exact) mass is 542 g/mol. The number of nitrogens with zero attached hydrogens (tertiary/aromatic N) is 3. The number of aryl methyl sites for hydroxylation is 1. The topological polar surface area (TPSA) is 95.3 Å². The molecule has 1 N–H and O–H groups in total. The van der Waals surface area contributed by atoms with Crippen LogP contribution >= 0.6 is 46.3 Å². The fourth-order valence-corrected chi connectivity index (χ4v) is 5.23. The van der Waals surface area contributed by atoms with Crippen molar-refractivity contribution < 1.29 is 19.1 Å². The lowest BCUT2D eigenvalue weighted by Gasteiger charge is -2.10. The second-order valence-corrected chi connectivity index (χ2v) is 9.80. The van der Waals surface area contributed by atoms with Gasteiger partial charge in [-0.1, -0.05) is 41.9 Å². The number of thiophene rings is 1. The number of carbonyl (C=O) groups excluding carboxylic acids is 2. The quantitative estimate of drug-likeness (QED) is 0.244. The smallest absolute Gasteiger partial charge is 0.341 e. The number of halogens is 2. The van der Waals surface area contributed by atoms with Crippen molar-refractivity contribution in [1.29, 1.82) is 0 Å². The van der Waals surface area contributed by atoms with Crippen LogP contribution in [0, 0.1) is 0 Å². The number of ether oxygens (including phenoxy) is 2. The molecule has 0 aliphatic rings. The lowest BCUT2D eigenvalue weighted by molar-refractivity contribution is -0.113. The van der Waals surface area contributed by atoms with Crippen molar-refractivity contribution in [3.63, 3.8) is 0 Å². The molecular formula is C22H24Cl2N4O4S2. The molecule has 0 atom stereocenters. The summed E-state index contributed by atoms with van der Waals surface area (Å²) in [5.41, 5.74) is 0.374. The molecule has 182 valence electrons. The highest BCUT2D eigenvalue weighted by molar-refractivity contribution is 7.99. The summed E-state index contributed by atoms with van der Waals surface area (Å²) in [5, 5.41) is 13.2. The Morgan fingerprint density at radius 2 is 1.97 bits per heavy atom. The number of aromatic nitrogens is 3. The molecule has 0 fully saturated rings. The van der Waals surface area contributed by atoms with E-state index in [2.05, 4.69) is 15.5 Å². The van der Waals surface area contributed by atoms with Crippen LogP contribution in [0.2, 0.25) is 10.0 Å². The number of hydrogen-bond donors (Lipinski definition) is 1. The fourth-order valence-electron chi connectivity index (χ4n) is 2.95. The van der Waals surface area contributed by atoms with Gasteiger partial charge in [-0.05, 0) is 44.5 Å². The van der Waals surface area contributed by atoms with Gasteiger partial charge in [0.2, 0.25) is 5.91 Å². The normalized spacial score (nSPS) is 10.9. The van der Waals surface area contributed by atoms with Gasteiger partial charge in [-0.3, -0.25) is 4.79 Å². The van der Waals surface area contributed by atoms with Gasteiger partial charge in [-0.25, -0.2) is 4.79 Å². The average Bonchev–Trinajstić information content (AvgIpc) is 3.40. The maximum atomic E-state index is 12.6. The van der Waals surface area contributed by atoms with Crippen LogP contribution in [0.3, 0.4) is 0 Å². The number of carbonyl (C=O) groups is 2. The van der Waals surface area contributed by atoms with Crippen LogP contribution in [-0.2, 0) is 29.1 Å². The van der Waals surface area contributed by atoms with Crippen LogP contribution in [-0.4, -0.2) is 39.0 Å². The van der Waals surface area contributed by atoms with Gasteiger partial charge < -0.3 is 19.4 Å². The number of rotatable bonds is 11. The molecule has 0 unspecified atom stereocenters. The van der Waals surface area contributed by atoms with E-state index in [9.17, 15) is 9.59 Å². The Hall–Kier alpha value is -2.27. The number of thioether (sulfide) groups is 1. The van der Waals surface area contributed by atoms with Crippen LogP contribution in [0.4, 0.5) is 5.00 Å². The van der Waals surface area contributed by atoms with Gasteiger partial charge in [0.15, 0.2) is 11.0 Å². The predicted molar refractivity (Wildman–Crippen MR) is 135 cm³/mol. The number of esters is 1. The van der Waals surface area contributed by atoms with E-state index < -0.39 is 5.97 Å². The van der Waals surface area contributed by atoms with E-state index in [-0.39, 0.29) is 24.9 Å². The molecule has 0 radical (unpaired) electrons. The molecule has 3 rings (SSSR count). The summed E-state index contributed by atoms with van der Waals surface area (Å²) in [6, 6.07) is 6.75. The zero-order valence-corrected chi connectivity index (χ0v) is 22.0. The zero-order valence-electron chi connectivity index (χ0n) is 18.9. The lowest BCUT2D eigenvalue weighted by Crippen LogP contribution is -2.16. The molecule has 1 aromatic carbocycles. The molecule has 2 aromatic heterocycles. The van der Waals surface area contributed by atoms with Gasteiger partial charge in [0.05, 0.1) is 22.9 Å². The second-order valence-electron chi connectivity index (χ2n) is 6.87. The Kier molecular flexibility index (Phi) is 9.63. The third kappa shape index (κ3) is 6.65. The third-order valence-corrected chi connectivity index (χ3v) is 7.26. The SMILES string of the molecule is CCOC(=O)c1cc(CC)sc1NC(=O)CSc1nnc(COc2ccc(Cl)cc2Cl)n1CC. The molecular weight excluding hydrogens is 519 g/mol. The first-order valence-electron chi connectivity index (χ1n) is 10.6. The molecule has 8 nitrogen and oxygen atoms in total. The molecule has 0 saturated carbocycles. The summed E-state index contributed by atoms with van der Waals surface area (Å²) in [6.07, 6.45) is 0.757. The van der Waals surface area contributed by atoms with Gasteiger partial charge in [-0.2, -0.15) is 0 Å². The molecule has 1 amide bonds. The van der Waals surface area contributed by atoms with Crippen LogP contribution in [0.5, 0.6) is 5.75 Å². The highest BCUT2D eigenvalue weighted by atomic mass is 35.5. The van der Waals surface area contributed by atoms with E-state index in [1.165, 1.54) is 23.1 Å².